The first kappa shape index (κ1) is 7.70. The van der Waals surface area contributed by atoms with Crippen molar-refractivity contribution in [1.29, 1.82) is 0 Å². The van der Waals surface area contributed by atoms with Crippen LogP contribution in [0.4, 0.5) is 0 Å². The molecule has 2 heterocycles. The predicted octanol–water partition coefficient (Wildman–Crippen LogP) is 0.866. The highest BCUT2D eigenvalue weighted by Gasteiger charge is 2.10. The molecule has 0 saturated heterocycles. The van der Waals surface area contributed by atoms with Crippen LogP contribution in [-0.4, -0.2) is 14.6 Å². The summed E-state index contributed by atoms with van der Waals surface area (Å²) in [7, 11) is 0. The third-order valence-electron chi connectivity index (χ3n) is 1.97. The minimum atomic E-state index is 0.443. The van der Waals surface area contributed by atoms with Crippen LogP contribution in [0, 0.1) is 13.8 Å². The lowest BCUT2D eigenvalue weighted by molar-refractivity contribution is 0.869. The molecule has 0 aliphatic rings. The average Bonchev–Trinajstić information content (AvgIpc) is 2.55. The van der Waals surface area contributed by atoms with Crippen molar-refractivity contribution in [2.45, 2.75) is 20.4 Å². The zero-order valence-corrected chi connectivity index (χ0v) is 7.85. The monoisotopic (exact) mass is 182 g/mol. The van der Waals surface area contributed by atoms with Crippen LogP contribution in [0.25, 0.3) is 4.96 Å². The largest absolute Gasteiger partial charge is 0.324 e. The van der Waals surface area contributed by atoms with Crippen molar-refractivity contribution in [3.05, 3.63) is 16.4 Å². The van der Waals surface area contributed by atoms with E-state index in [4.69, 9.17) is 5.73 Å². The lowest BCUT2D eigenvalue weighted by Crippen LogP contribution is -2.03. The zero-order valence-electron chi connectivity index (χ0n) is 7.03. The fourth-order valence-electron chi connectivity index (χ4n) is 1.20. The third kappa shape index (κ3) is 0.867. The van der Waals surface area contributed by atoms with Crippen LogP contribution in [0.1, 0.15) is 16.4 Å². The van der Waals surface area contributed by atoms with Crippen molar-refractivity contribution in [3.63, 3.8) is 0 Å². The molecule has 0 saturated carbocycles. The van der Waals surface area contributed by atoms with Gasteiger partial charge in [0.05, 0.1) is 6.54 Å². The van der Waals surface area contributed by atoms with Crippen molar-refractivity contribution < 1.29 is 0 Å². The fraction of sp³-hybridized carbons (Fsp3) is 0.429. The number of fused-ring (bicyclic) bond motifs is 1. The minimum Gasteiger partial charge on any atom is -0.324 e. The second-order valence-electron chi connectivity index (χ2n) is 2.68. The molecule has 0 fully saturated rings. The Kier molecular flexibility index (Phi) is 1.62. The lowest BCUT2D eigenvalue weighted by atomic mass is 10.4. The predicted molar refractivity (Wildman–Crippen MR) is 48.2 cm³/mol. The Labute approximate surface area is 74.0 Å². The maximum Gasteiger partial charge on any atom is 0.216 e. The van der Waals surface area contributed by atoms with Gasteiger partial charge in [0.25, 0.3) is 0 Å². The van der Waals surface area contributed by atoms with Gasteiger partial charge in [-0.25, -0.2) is 0 Å². The summed E-state index contributed by atoms with van der Waals surface area (Å²) in [5.74, 6) is 0.840. The van der Waals surface area contributed by atoms with Crippen molar-refractivity contribution in [2.75, 3.05) is 0 Å². The number of hydrogen-bond donors (Lipinski definition) is 1. The van der Waals surface area contributed by atoms with Crippen LogP contribution in [0.3, 0.4) is 0 Å². The molecular formula is C7H10N4S. The molecule has 5 heteroatoms. The summed E-state index contributed by atoms with van der Waals surface area (Å²) in [5, 5.41) is 8.00. The third-order valence-corrected chi connectivity index (χ3v) is 3.02. The number of nitrogens with two attached hydrogens (primary N) is 1. The summed E-state index contributed by atoms with van der Waals surface area (Å²) in [4.78, 5) is 2.21. The van der Waals surface area contributed by atoms with Gasteiger partial charge in [0.1, 0.15) is 0 Å². The summed E-state index contributed by atoms with van der Waals surface area (Å²) in [6, 6.07) is 0. The fourth-order valence-corrected chi connectivity index (χ4v) is 2.13. The first-order valence-corrected chi connectivity index (χ1v) is 4.55. The molecule has 2 aromatic heterocycles. The van der Waals surface area contributed by atoms with Crippen molar-refractivity contribution >= 4 is 16.3 Å². The van der Waals surface area contributed by atoms with E-state index in [1.54, 1.807) is 11.3 Å². The molecule has 0 atom stereocenters. The number of aromatic nitrogens is 3. The van der Waals surface area contributed by atoms with Crippen molar-refractivity contribution in [1.82, 2.24) is 14.6 Å². The second-order valence-corrected chi connectivity index (χ2v) is 3.86. The van der Waals surface area contributed by atoms with Gasteiger partial charge in [-0.05, 0) is 13.8 Å². The molecule has 0 aromatic carbocycles. The molecular weight excluding hydrogens is 172 g/mol. The first-order valence-electron chi connectivity index (χ1n) is 3.74. The smallest absolute Gasteiger partial charge is 0.216 e. The highest BCUT2D eigenvalue weighted by molar-refractivity contribution is 7.17. The van der Waals surface area contributed by atoms with Gasteiger partial charge in [0.15, 0.2) is 5.82 Å². The highest BCUT2D eigenvalue weighted by Crippen LogP contribution is 2.20. The topological polar surface area (TPSA) is 56.2 Å². The second kappa shape index (κ2) is 2.53. The summed E-state index contributed by atoms with van der Waals surface area (Å²) >= 11 is 1.65. The molecule has 12 heavy (non-hydrogen) atoms. The Balaban J connectivity index is 2.82. The van der Waals surface area contributed by atoms with Crippen molar-refractivity contribution in [3.8, 4) is 0 Å². The summed E-state index contributed by atoms with van der Waals surface area (Å²) < 4.78 is 2.01. The molecule has 0 aliphatic heterocycles. The van der Waals surface area contributed by atoms with Gasteiger partial charge in [-0.2, -0.15) is 0 Å². The van der Waals surface area contributed by atoms with Gasteiger partial charge >= 0.3 is 0 Å². The van der Waals surface area contributed by atoms with E-state index in [2.05, 4.69) is 24.0 Å². The van der Waals surface area contributed by atoms with Gasteiger partial charge in [-0.15, -0.1) is 10.2 Å². The van der Waals surface area contributed by atoms with Gasteiger partial charge in [0.2, 0.25) is 4.96 Å². The number of nitrogens with zero attached hydrogens (tertiary/aromatic N) is 3. The molecule has 64 valence electrons. The number of hydrogen-bond acceptors (Lipinski definition) is 4. The molecule has 2 N–H and O–H groups in total. The number of thiazole rings is 1. The number of rotatable bonds is 1. The van der Waals surface area contributed by atoms with Crippen LogP contribution in [-0.2, 0) is 6.54 Å². The van der Waals surface area contributed by atoms with E-state index >= 15 is 0 Å². The van der Waals surface area contributed by atoms with Crippen LogP contribution >= 0.6 is 11.3 Å². The molecule has 0 radical (unpaired) electrons. The van der Waals surface area contributed by atoms with E-state index in [1.165, 1.54) is 10.6 Å². The summed E-state index contributed by atoms with van der Waals surface area (Å²) in [6.07, 6.45) is 0. The van der Waals surface area contributed by atoms with E-state index in [9.17, 15) is 0 Å². The van der Waals surface area contributed by atoms with E-state index < -0.39 is 0 Å². The lowest BCUT2D eigenvalue weighted by Gasteiger charge is -1.94. The van der Waals surface area contributed by atoms with E-state index in [0.29, 0.717) is 6.54 Å². The highest BCUT2D eigenvalue weighted by atomic mass is 32.1. The van der Waals surface area contributed by atoms with Gasteiger partial charge in [-0.1, -0.05) is 11.3 Å². The van der Waals surface area contributed by atoms with Crippen molar-refractivity contribution in [2.24, 2.45) is 5.73 Å². The van der Waals surface area contributed by atoms with Gasteiger partial charge in [-0.3, -0.25) is 4.40 Å². The molecule has 4 nitrogen and oxygen atoms in total. The van der Waals surface area contributed by atoms with E-state index in [0.717, 1.165) is 10.8 Å². The van der Waals surface area contributed by atoms with Crippen LogP contribution < -0.4 is 5.73 Å². The Morgan fingerprint density at radius 1 is 1.42 bits per heavy atom. The Morgan fingerprint density at radius 3 is 2.83 bits per heavy atom. The van der Waals surface area contributed by atoms with Crippen LogP contribution in [0.15, 0.2) is 0 Å². The summed E-state index contributed by atoms with van der Waals surface area (Å²) in [6.45, 7) is 4.58. The van der Waals surface area contributed by atoms with E-state index in [-0.39, 0.29) is 0 Å². The van der Waals surface area contributed by atoms with Crippen LogP contribution in [0.2, 0.25) is 0 Å². The zero-order chi connectivity index (χ0) is 8.72. The van der Waals surface area contributed by atoms with Gasteiger partial charge < -0.3 is 5.73 Å². The molecule has 0 aliphatic carbocycles. The average molecular weight is 182 g/mol. The minimum absolute atomic E-state index is 0.443. The molecule has 0 amide bonds. The standard InChI is InChI=1S/C7H10N4S/c1-4-5(2)12-7-10-9-6(3-8)11(4)7/h3,8H2,1-2H3. The Hall–Kier alpha value is -0.940. The van der Waals surface area contributed by atoms with Gasteiger partial charge in [0, 0.05) is 10.6 Å². The Bertz CT molecular complexity index is 414. The Morgan fingerprint density at radius 2 is 2.17 bits per heavy atom. The van der Waals surface area contributed by atoms with Crippen LogP contribution in [0.5, 0.6) is 0 Å². The maximum absolute atomic E-state index is 5.52. The SMILES string of the molecule is Cc1sc2nnc(CN)n2c1C. The summed E-state index contributed by atoms with van der Waals surface area (Å²) in [5.41, 5.74) is 6.71. The molecule has 0 spiro atoms. The molecule has 0 unspecified atom stereocenters. The quantitative estimate of drug-likeness (QED) is 0.711. The number of aryl methyl sites for hydroxylation is 2. The molecule has 0 bridgehead atoms. The normalized spacial score (nSPS) is 11.2. The first-order chi connectivity index (χ1) is 5.74. The molecule has 2 rings (SSSR count). The molecule has 2 aromatic rings. The van der Waals surface area contributed by atoms with E-state index in [1.807, 2.05) is 4.40 Å². The maximum atomic E-state index is 5.52.